The summed E-state index contributed by atoms with van der Waals surface area (Å²) in [5.74, 6) is 3.34. The van der Waals surface area contributed by atoms with Crippen LogP contribution in [0.2, 0.25) is 0 Å². The van der Waals surface area contributed by atoms with Crippen molar-refractivity contribution < 1.29 is 18.9 Å². The zero-order chi connectivity index (χ0) is 39.9. The van der Waals surface area contributed by atoms with Crippen LogP contribution >= 0.6 is 11.8 Å². The van der Waals surface area contributed by atoms with Crippen molar-refractivity contribution in [2.75, 3.05) is 21.3 Å². The summed E-state index contributed by atoms with van der Waals surface area (Å²) >= 11 is 1.70. The Hall–Kier alpha value is -5.13. The minimum atomic E-state index is -0.896. The highest BCUT2D eigenvalue weighted by Gasteiger charge is 2.55. The van der Waals surface area contributed by atoms with E-state index in [-0.39, 0.29) is 16.2 Å². The van der Waals surface area contributed by atoms with E-state index in [1.165, 1.54) is 45.2 Å². The number of aryl methyl sites for hydroxylation is 2. The quantitative estimate of drug-likeness (QED) is 0.162. The largest absolute Gasteiger partial charge is 0.497 e. The minimum absolute atomic E-state index is 0.120. The summed E-state index contributed by atoms with van der Waals surface area (Å²) in [6.07, 6.45) is 7.97. The van der Waals surface area contributed by atoms with E-state index in [9.17, 15) is 0 Å². The van der Waals surface area contributed by atoms with Crippen LogP contribution in [0.1, 0.15) is 85.9 Å². The number of methoxy groups -OCH3 is 3. The Morgan fingerprint density at radius 2 is 1.32 bits per heavy atom. The van der Waals surface area contributed by atoms with Crippen molar-refractivity contribution in [1.82, 2.24) is 0 Å². The van der Waals surface area contributed by atoms with E-state index in [4.69, 9.17) is 18.9 Å². The summed E-state index contributed by atoms with van der Waals surface area (Å²) in [5, 5.41) is 2.21. The third kappa shape index (κ3) is 5.95. The van der Waals surface area contributed by atoms with Gasteiger partial charge >= 0.3 is 0 Å². The highest BCUT2D eigenvalue weighted by atomic mass is 32.2. The fraction of sp³-hybridized carbons (Fsp3) is 0.308. The van der Waals surface area contributed by atoms with E-state index >= 15 is 0 Å². The standard InChI is InChI=1S/C52H52O4S/c1-32-17-19-34(20-18-32)52(35-21-23-36(53-7)24-22-35)26-25-38-46-45(37-14-10-11-15-41(37)51(46)30-49(3,4)29-50(5,6)31-51)39-28-44(43(55-9)27-40(39)47(38)56-52)57-48-33(2)13-12-16-42(48)54-8/h10-28H,29-31H2,1-9H3. The molecule has 9 rings (SSSR count). The third-order valence-electron chi connectivity index (χ3n) is 12.6. The molecule has 1 saturated carbocycles. The van der Waals surface area contributed by atoms with Crippen LogP contribution in [0.5, 0.6) is 23.0 Å². The molecule has 6 aromatic carbocycles. The van der Waals surface area contributed by atoms with Gasteiger partial charge in [0.25, 0.3) is 0 Å². The number of benzene rings is 6. The Bertz CT molecular complexity index is 2560. The van der Waals surface area contributed by atoms with E-state index in [1.807, 2.05) is 24.3 Å². The molecule has 0 N–H and O–H groups in total. The molecule has 3 aliphatic rings. The molecule has 6 aromatic rings. The molecule has 1 unspecified atom stereocenters. The molecule has 1 heterocycles. The molecule has 5 heteroatoms. The fourth-order valence-corrected chi connectivity index (χ4v) is 12.2. The maximum absolute atomic E-state index is 7.78. The third-order valence-corrected chi connectivity index (χ3v) is 13.9. The first-order chi connectivity index (χ1) is 27.3. The Balaban J connectivity index is 1.39. The smallest absolute Gasteiger partial charge is 0.178 e. The highest BCUT2D eigenvalue weighted by Crippen LogP contribution is 2.67. The monoisotopic (exact) mass is 772 g/mol. The van der Waals surface area contributed by atoms with Crippen molar-refractivity contribution in [1.29, 1.82) is 0 Å². The molecular weight excluding hydrogens is 721 g/mol. The molecule has 0 aromatic heterocycles. The van der Waals surface area contributed by atoms with E-state index in [0.717, 1.165) is 67.7 Å². The molecule has 1 fully saturated rings. The lowest BCUT2D eigenvalue weighted by Crippen LogP contribution is -2.44. The van der Waals surface area contributed by atoms with Crippen molar-refractivity contribution >= 4 is 28.6 Å². The molecular formula is C52H52O4S. The van der Waals surface area contributed by atoms with Gasteiger partial charge in [0, 0.05) is 27.5 Å². The average Bonchev–Trinajstić information content (AvgIpc) is 3.45. The minimum Gasteiger partial charge on any atom is -0.497 e. The second-order valence-electron chi connectivity index (χ2n) is 18.0. The second kappa shape index (κ2) is 13.5. The SMILES string of the molecule is COc1ccc(C2(c3ccc(C)cc3)C=Cc3c4c(c5cc(Sc6c(C)cccc6OC)c(OC)cc5c3O2)-c2ccccc2C42CC(C)(C)CC(C)(C)C2)cc1. The molecule has 0 saturated heterocycles. The van der Waals surface area contributed by atoms with Crippen LogP contribution in [0.3, 0.4) is 0 Å². The lowest BCUT2D eigenvalue weighted by molar-refractivity contribution is 0.0642. The van der Waals surface area contributed by atoms with Gasteiger partial charge in [0.1, 0.15) is 23.0 Å². The Morgan fingerprint density at radius 3 is 1.98 bits per heavy atom. The lowest BCUT2D eigenvalue weighted by atomic mass is 9.52. The van der Waals surface area contributed by atoms with Gasteiger partial charge in [0.2, 0.25) is 0 Å². The average molecular weight is 773 g/mol. The first-order valence-corrected chi connectivity index (χ1v) is 20.9. The van der Waals surface area contributed by atoms with Crippen LogP contribution in [0.15, 0.2) is 119 Å². The highest BCUT2D eigenvalue weighted by molar-refractivity contribution is 7.99. The maximum atomic E-state index is 7.78. The summed E-state index contributed by atoms with van der Waals surface area (Å²) < 4.78 is 25.6. The van der Waals surface area contributed by atoms with E-state index < -0.39 is 5.60 Å². The zero-order valence-corrected chi connectivity index (χ0v) is 35.4. The number of rotatable bonds is 7. The van der Waals surface area contributed by atoms with Crippen molar-refractivity contribution in [2.45, 2.75) is 81.6 Å². The van der Waals surface area contributed by atoms with Gasteiger partial charge < -0.3 is 18.9 Å². The number of ether oxygens (including phenoxy) is 4. The molecule has 4 nitrogen and oxygen atoms in total. The van der Waals surface area contributed by atoms with Gasteiger partial charge in [-0.25, -0.2) is 0 Å². The molecule has 0 amide bonds. The predicted octanol–water partition coefficient (Wildman–Crippen LogP) is 13.5. The Kier molecular flexibility index (Phi) is 8.86. The van der Waals surface area contributed by atoms with Crippen LogP contribution in [-0.2, 0) is 11.0 Å². The summed E-state index contributed by atoms with van der Waals surface area (Å²) in [5.41, 5.74) is 10.2. The van der Waals surface area contributed by atoms with Crippen LogP contribution in [0, 0.1) is 24.7 Å². The molecule has 1 spiro atoms. The van der Waals surface area contributed by atoms with E-state index in [1.54, 1.807) is 33.1 Å². The van der Waals surface area contributed by atoms with Gasteiger partial charge in [-0.2, -0.15) is 0 Å². The molecule has 290 valence electrons. The summed E-state index contributed by atoms with van der Waals surface area (Å²) in [7, 11) is 5.22. The van der Waals surface area contributed by atoms with E-state index in [0.29, 0.717) is 0 Å². The topological polar surface area (TPSA) is 36.9 Å². The molecule has 1 aliphatic heterocycles. The van der Waals surface area contributed by atoms with Crippen molar-refractivity contribution in [3.8, 4) is 34.1 Å². The Morgan fingerprint density at radius 1 is 0.649 bits per heavy atom. The summed E-state index contributed by atoms with van der Waals surface area (Å²) in [6.45, 7) is 14.2. The normalized spacial score (nSPS) is 19.4. The van der Waals surface area contributed by atoms with Crippen LogP contribution in [0.4, 0.5) is 0 Å². The first kappa shape index (κ1) is 37.4. The summed E-state index contributed by atoms with van der Waals surface area (Å²) in [6, 6.07) is 37.1. The molecule has 1 atom stereocenters. The van der Waals surface area contributed by atoms with Crippen molar-refractivity contribution in [2.24, 2.45) is 10.8 Å². The number of hydrogen-bond acceptors (Lipinski definition) is 5. The van der Waals surface area contributed by atoms with Gasteiger partial charge in [0.05, 0.1) is 31.1 Å². The number of fused-ring (bicyclic) bond motifs is 10. The van der Waals surface area contributed by atoms with Crippen LogP contribution in [-0.4, -0.2) is 21.3 Å². The van der Waals surface area contributed by atoms with Crippen molar-refractivity contribution in [3.05, 3.63) is 148 Å². The molecule has 57 heavy (non-hydrogen) atoms. The molecule has 0 radical (unpaired) electrons. The first-order valence-electron chi connectivity index (χ1n) is 20.1. The number of hydrogen-bond donors (Lipinski definition) is 0. The Labute approximate surface area is 342 Å². The molecule has 0 bridgehead atoms. The maximum Gasteiger partial charge on any atom is 0.178 e. The molecule has 2 aliphatic carbocycles. The lowest BCUT2D eigenvalue weighted by Gasteiger charge is -2.52. The van der Waals surface area contributed by atoms with Crippen LogP contribution in [0.25, 0.3) is 28.0 Å². The predicted molar refractivity (Wildman–Crippen MR) is 235 cm³/mol. The van der Waals surface area contributed by atoms with Gasteiger partial charge in [-0.15, -0.1) is 0 Å². The zero-order valence-electron chi connectivity index (χ0n) is 34.6. The second-order valence-corrected chi connectivity index (χ2v) is 19.1. The fourth-order valence-electron chi connectivity index (χ4n) is 11.0. The van der Waals surface area contributed by atoms with E-state index in [2.05, 4.69) is 133 Å². The van der Waals surface area contributed by atoms with Crippen LogP contribution < -0.4 is 18.9 Å². The van der Waals surface area contributed by atoms with Gasteiger partial charge in [0.15, 0.2) is 5.60 Å². The van der Waals surface area contributed by atoms with Crippen molar-refractivity contribution in [3.63, 3.8) is 0 Å². The van der Waals surface area contributed by atoms with Gasteiger partial charge in [-0.05, 0) is 114 Å². The van der Waals surface area contributed by atoms with Gasteiger partial charge in [-0.3, -0.25) is 0 Å². The summed E-state index contributed by atoms with van der Waals surface area (Å²) in [4.78, 5) is 2.12. The van der Waals surface area contributed by atoms with Gasteiger partial charge in [-0.1, -0.05) is 124 Å².